The van der Waals surface area contributed by atoms with Gasteiger partial charge in [0.15, 0.2) is 0 Å². The summed E-state index contributed by atoms with van der Waals surface area (Å²) in [6.07, 6.45) is 0.831. The van der Waals surface area contributed by atoms with Gasteiger partial charge in [0.1, 0.15) is 18.0 Å². The van der Waals surface area contributed by atoms with Crippen molar-refractivity contribution in [2.75, 3.05) is 34.3 Å². The minimum atomic E-state index is -4.08. The molecule has 1 amide bonds. The summed E-state index contributed by atoms with van der Waals surface area (Å²) in [6, 6.07) is 12.6. The minimum absolute atomic E-state index is 0.00308. The Kier molecular flexibility index (Phi) is 8.72. The Balaban J connectivity index is 1.79. The fourth-order valence-electron chi connectivity index (χ4n) is 3.19. The zero-order chi connectivity index (χ0) is 28.3. The van der Waals surface area contributed by atoms with Crippen LogP contribution < -0.4 is 19.1 Å². The van der Waals surface area contributed by atoms with E-state index in [2.05, 4.69) is 10.0 Å². The van der Waals surface area contributed by atoms with Gasteiger partial charge >= 0.3 is 0 Å². The fourth-order valence-corrected chi connectivity index (χ4v) is 5.64. The smallest absolute Gasteiger partial charge is 0.271 e. The molecule has 3 aromatic rings. The molecule has 0 bridgehead atoms. The molecule has 12 nitrogen and oxygen atoms in total. The number of amides is 1. The van der Waals surface area contributed by atoms with Crippen molar-refractivity contribution in [2.45, 2.75) is 4.90 Å². The SMILES string of the molecule is COc1ccc([N+](=O)[O-])cc1N(CC(=O)Nc1ccc(S(=O)(=O)Nc2ccc(Cl)cc2Cl)cc1)S(C)(=O)=O. The standard InChI is InChI=1S/C22H20Cl2N4O8S2/c1-36-21-10-6-16(28(30)31)12-20(21)27(37(2,32)33)13-22(29)25-15-4-7-17(8-5-15)38(34,35)26-19-9-3-14(23)11-18(19)24/h3-12,26H,13H2,1-2H3,(H,25,29). The second-order valence-electron chi connectivity index (χ2n) is 7.69. The van der Waals surface area contributed by atoms with E-state index in [1.54, 1.807) is 0 Å². The molecule has 0 unspecified atom stereocenters. The van der Waals surface area contributed by atoms with Crippen LogP contribution in [0.3, 0.4) is 0 Å². The molecule has 38 heavy (non-hydrogen) atoms. The number of anilines is 3. The molecule has 202 valence electrons. The molecular formula is C22H20Cl2N4O8S2. The number of hydrogen-bond acceptors (Lipinski definition) is 8. The highest BCUT2D eigenvalue weighted by molar-refractivity contribution is 7.92. The number of carbonyl (C=O) groups excluding carboxylic acids is 1. The lowest BCUT2D eigenvalue weighted by Gasteiger charge is -2.23. The summed E-state index contributed by atoms with van der Waals surface area (Å²) < 4.78 is 58.4. The third kappa shape index (κ3) is 7.04. The van der Waals surface area contributed by atoms with Crippen molar-refractivity contribution < 1.29 is 31.3 Å². The van der Waals surface area contributed by atoms with E-state index >= 15 is 0 Å². The van der Waals surface area contributed by atoms with E-state index in [-0.39, 0.29) is 32.7 Å². The van der Waals surface area contributed by atoms with E-state index in [9.17, 15) is 31.7 Å². The van der Waals surface area contributed by atoms with Gasteiger partial charge in [-0.1, -0.05) is 23.2 Å². The van der Waals surface area contributed by atoms with Crippen molar-refractivity contribution in [1.82, 2.24) is 0 Å². The van der Waals surface area contributed by atoms with Crippen LogP contribution in [0.4, 0.5) is 22.7 Å². The Morgan fingerprint density at radius 2 is 1.68 bits per heavy atom. The molecule has 0 aromatic heterocycles. The molecule has 0 heterocycles. The number of non-ortho nitro benzene ring substituents is 1. The van der Waals surface area contributed by atoms with Crippen molar-refractivity contribution in [3.05, 3.63) is 80.8 Å². The lowest BCUT2D eigenvalue weighted by Crippen LogP contribution is -2.37. The number of nitrogens with zero attached hydrogens (tertiary/aromatic N) is 2. The second kappa shape index (κ2) is 11.4. The number of benzene rings is 3. The number of sulfonamides is 2. The highest BCUT2D eigenvalue weighted by Crippen LogP contribution is 2.34. The van der Waals surface area contributed by atoms with Gasteiger partial charge in [-0.2, -0.15) is 0 Å². The van der Waals surface area contributed by atoms with Gasteiger partial charge in [0.05, 0.1) is 33.9 Å². The number of carbonyl (C=O) groups is 1. The molecule has 0 saturated heterocycles. The van der Waals surface area contributed by atoms with Gasteiger partial charge in [-0.3, -0.25) is 23.9 Å². The maximum absolute atomic E-state index is 12.7. The van der Waals surface area contributed by atoms with Crippen LogP contribution in [-0.4, -0.2) is 47.6 Å². The van der Waals surface area contributed by atoms with Gasteiger partial charge < -0.3 is 10.1 Å². The maximum atomic E-state index is 12.7. The van der Waals surface area contributed by atoms with Crippen LogP contribution >= 0.6 is 23.2 Å². The van der Waals surface area contributed by atoms with Gasteiger partial charge in [-0.05, 0) is 48.5 Å². The summed E-state index contributed by atoms with van der Waals surface area (Å²) in [5.74, 6) is -0.803. The summed E-state index contributed by atoms with van der Waals surface area (Å²) in [5, 5.41) is 14.1. The Bertz CT molecular complexity index is 1600. The number of nitrogens with one attached hydrogen (secondary N) is 2. The molecule has 0 spiro atoms. The van der Waals surface area contributed by atoms with Crippen LogP contribution in [0.5, 0.6) is 5.75 Å². The highest BCUT2D eigenvalue weighted by Gasteiger charge is 2.26. The van der Waals surface area contributed by atoms with Gasteiger partial charge in [0.2, 0.25) is 15.9 Å². The van der Waals surface area contributed by atoms with Crippen LogP contribution in [0.15, 0.2) is 65.6 Å². The number of hydrogen-bond donors (Lipinski definition) is 2. The number of halogens is 2. The first-order chi connectivity index (χ1) is 17.7. The molecular weight excluding hydrogens is 583 g/mol. The van der Waals surface area contributed by atoms with Gasteiger partial charge in [-0.15, -0.1) is 0 Å². The number of nitro benzene ring substituents is 1. The van der Waals surface area contributed by atoms with E-state index in [4.69, 9.17) is 27.9 Å². The van der Waals surface area contributed by atoms with Gasteiger partial charge in [0.25, 0.3) is 15.7 Å². The predicted molar refractivity (Wildman–Crippen MR) is 144 cm³/mol. The molecule has 16 heteroatoms. The zero-order valence-corrected chi connectivity index (χ0v) is 22.9. The van der Waals surface area contributed by atoms with E-state index in [1.807, 2.05) is 0 Å². The minimum Gasteiger partial charge on any atom is -0.495 e. The molecule has 0 fully saturated rings. The number of methoxy groups -OCH3 is 1. The van der Waals surface area contributed by atoms with Gasteiger partial charge in [-0.25, -0.2) is 16.8 Å². The first-order valence-corrected chi connectivity index (χ1v) is 14.5. The Morgan fingerprint density at radius 3 is 2.24 bits per heavy atom. The topological polar surface area (TPSA) is 165 Å². The zero-order valence-electron chi connectivity index (χ0n) is 19.7. The fraction of sp³-hybridized carbons (Fsp3) is 0.136. The van der Waals surface area contributed by atoms with E-state index < -0.39 is 43.1 Å². The van der Waals surface area contributed by atoms with Crippen molar-refractivity contribution in [3.63, 3.8) is 0 Å². The average Bonchev–Trinajstić information content (AvgIpc) is 2.83. The number of rotatable bonds is 10. The molecule has 3 rings (SSSR count). The van der Waals surface area contributed by atoms with Crippen molar-refractivity contribution in [3.8, 4) is 5.75 Å². The summed E-state index contributed by atoms with van der Waals surface area (Å²) in [4.78, 5) is 23.0. The second-order valence-corrected chi connectivity index (χ2v) is 12.1. The average molecular weight is 603 g/mol. The van der Waals surface area contributed by atoms with Crippen molar-refractivity contribution in [2.24, 2.45) is 0 Å². The van der Waals surface area contributed by atoms with E-state index in [0.29, 0.717) is 9.33 Å². The van der Waals surface area contributed by atoms with Crippen LogP contribution in [0, 0.1) is 10.1 Å². The first-order valence-electron chi connectivity index (χ1n) is 10.4. The molecule has 0 saturated carbocycles. The Hall–Kier alpha value is -3.59. The third-order valence-electron chi connectivity index (χ3n) is 4.95. The molecule has 0 aliphatic heterocycles. The van der Waals surface area contributed by atoms with E-state index in [0.717, 1.165) is 18.4 Å². The monoisotopic (exact) mass is 602 g/mol. The van der Waals surface area contributed by atoms with Crippen molar-refractivity contribution in [1.29, 1.82) is 0 Å². The molecule has 2 N–H and O–H groups in total. The van der Waals surface area contributed by atoms with Crippen molar-refractivity contribution >= 4 is 71.9 Å². The lowest BCUT2D eigenvalue weighted by molar-refractivity contribution is -0.384. The summed E-state index contributed by atoms with van der Waals surface area (Å²) in [5.41, 5.74) is -0.322. The molecule has 0 atom stereocenters. The largest absolute Gasteiger partial charge is 0.495 e. The lowest BCUT2D eigenvalue weighted by atomic mass is 10.2. The Morgan fingerprint density at radius 1 is 1.03 bits per heavy atom. The third-order valence-corrected chi connectivity index (χ3v) is 8.01. The molecule has 0 radical (unpaired) electrons. The quantitative estimate of drug-likeness (QED) is 0.258. The summed E-state index contributed by atoms with van der Waals surface area (Å²) in [7, 11) is -6.87. The molecule has 3 aromatic carbocycles. The normalized spacial score (nSPS) is 11.5. The number of ether oxygens (including phenoxy) is 1. The highest BCUT2D eigenvalue weighted by atomic mass is 35.5. The maximum Gasteiger partial charge on any atom is 0.271 e. The van der Waals surface area contributed by atoms with E-state index in [1.165, 1.54) is 55.6 Å². The van der Waals surface area contributed by atoms with Gasteiger partial charge in [0, 0.05) is 22.8 Å². The predicted octanol–water partition coefficient (Wildman–Crippen LogP) is 4.12. The summed E-state index contributed by atoms with van der Waals surface area (Å²) in [6.45, 7) is -0.743. The van der Waals surface area contributed by atoms with Crippen LogP contribution in [0.1, 0.15) is 0 Å². The van der Waals surface area contributed by atoms with Crippen LogP contribution in [0.25, 0.3) is 0 Å². The summed E-state index contributed by atoms with van der Waals surface area (Å²) >= 11 is 11.8. The Labute approximate surface area is 228 Å². The van der Waals surface area contributed by atoms with Crippen LogP contribution in [-0.2, 0) is 24.8 Å². The molecule has 0 aliphatic rings. The first kappa shape index (κ1) is 29.0. The van der Waals surface area contributed by atoms with Crippen LogP contribution in [0.2, 0.25) is 10.0 Å². The molecule has 0 aliphatic carbocycles. The number of nitro groups is 1.